The van der Waals surface area contributed by atoms with Gasteiger partial charge in [0.2, 0.25) is 5.91 Å². The number of aliphatic hydroxyl groups is 1. The lowest BCUT2D eigenvalue weighted by Gasteiger charge is -2.03. The van der Waals surface area contributed by atoms with Crippen molar-refractivity contribution in [2.24, 2.45) is 0 Å². The minimum Gasteiger partial charge on any atom is -0.396 e. The van der Waals surface area contributed by atoms with Gasteiger partial charge in [0.15, 0.2) is 0 Å². The molecular weight excluding hydrogens is 298 g/mol. The topological polar surface area (TPSA) is 49.3 Å². The van der Waals surface area contributed by atoms with Crippen molar-refractivity contribution in [1.82, 2.24) is 5.32 Å². The van der Waals surface area contributed by atoms with Crippen molar-refractivity contribution in [2.75, 3.05) is 13.2 Å². The van der Waals surface area contributed by atoms with Crippen LogP contribution in [0.5, 0.6) is 0 Å². The molecule has 3 nitrogen and oxygen atoms in total. The van der Waals surface area contributed by atoms with E-state index < -0.39 is 0 Å². The summed E-state index contributed by atoms with van der Waals surface area (Å²) in [6, 6.07) is 0. The van der Waals surface area contributed by atoms with Crippen molar-refractivity contribution >= 4 is 5.91 Å². The molecule has 0 bridgehead atoms. The standard InChI is InChI=1S/C21H41NO2/c1-2-3-4-5-6-7-8-9-10-11-12-13-14-15-16-18-21(24)22-19-17-20-23/h10-11,23H,2-9,12-20H2,1H3,(H,22,24)/b11-10-. The van der Waals surface area contributed by atoms with Crippen molar-refractivity contribution in [3.8, 4) is 0 Å². The number of rotatable bonds is 18. The Bertz CT molecular complexity index is 290. The molecule has 0 heterocycles. The molecule has 0 saturated heterocycles. The smallest absolute Gasteiger partial charge is 0.219 e. The van der Waals surface area contributed by atoms with Crippen molar-refractivity contribution in [1.29, 1.82) is 0 Å². The number of nitrogens with one attached hydrogen (secondary N) is 1. The minimum absolute atomic E-state index is 0.123. The molecule has 0 fully saturated rings. The van der Waals surface area contributed by atoms with Crippen molar-refractivity contribution < 1.29 is 9.90 Å². The van der Waals surface area contributed by atoms with Crippen LogP contribution in [-0.2, 0) is 4.79 Å². The summed E-state index contributed by atoms with van der Waals surface area (Å²) in [7, 11) is 0. The quantitative estimate of drug-likeness (QED) is 0.255. The fourth-order valence-electron chi connectivity index (χ4n) is 2.75. The first-order valence-corrected chi connectivity index (χ1v) is 10.3. The highest BCUT2D eigenvalue weighted by atomic mass is 16.3. The number of carbonyl (C=O) groups excluding carboxylic acids is 1. The van der Waals surface area contributed by atoms with Gasteiger partial charge >= 0.3 is 0 Å². The molecule has 0 aromatic heterocycles. The summed E-state index contributed by atoms with van der Waals surface area (Å²) in [5.41, 5.74) is 0. The van der Waals surface area contributed by atoms with Gasteiger partial charge in [-0.1, -0.05) is 70.4 Å². The van der Waals surface area contributed by atoms with Crippen molar-refractivity contribution in [3.63, 3.8) is 0 Å². The Morgan fingerprint density at radius 1 is 0.792 bits per heavy atom. The van der Waals surface area contributed by atoms with Crippen LogP contribution in [0.25, 0.3) is 0 Å². The molecule has 142 valence electrons. The molecule has 0 aliphatic rings. The predicted molar refractivity (Wildman–Crippen MR) is 104 cm³/mol. The number of aliphatic hydroxyl groups excluding tert-OH is 1. The number of hydrogen-bond donors (Lipinski definition) is 2. The normalized spacial score (nSPS) is 11.2. The van der Waals surface area contributed by atoms with Crippen LogP contribution in [0.2, 0.25) is 0 Å². The van der Waals surface area contributed by atoms with E-state index in [9.17, 15) is 4.79 Å². The van der Waals surface area contributed by atoms with Gasteiger partial charge in [-0.15, -0.1) is 0 Å². The molecule has 0 aromatic rings. The number of unbranched alkanes of at least 4 members (excludes halogenated alkanes) is 11. The monoisotopic (exact) mass is 339 g/mol. The van der Waals surface area contributed by atoms with Crippen LogP contribution in [0.1, 0.15) is 103 Å². The first-order chi connectivity index (χ1) is 11.8. The van der Waals surface area contributed by atoms with E-state index >= 15 is 0 Å². The largest absolute Gasteiger partial charge is 0.396 e. The van der Waals surface area contributed by atoms with E-state index in [1.54, 1.807) is 0 Å². The number of carbonyl (C=O) groups is 1. The third kappa shape index (κ3) is 19.2. The van der Waals surface area contributed by atoms with Crippen LogP contribution < -0.4 is 5.32 Å². The first-order valence-electron chi connectivity index (χ1n) is 10.3. The Kier molecular flexibility index (Phi) is 19.5. The highest BCUT2D eigenvalue weighted by Gasteiger charge is 1.99. The van der Waals surface area contributed by atoms with Gasteiger partial charge in [0.1, 0.15) is 0 Å². The Morgan fingerprint density at radius 2 is 1.33 bits per heavy atom. The van der Waals surface area contributed by atoms with Crippen LogP contribution in [0, 0.1) is 0 Å². The van der Waals surface area contributed by atoms with Crippen LogP contribution in [0.3, 0.4) is 0 Å². The number of hydrogen-bond acceptors (Lipinski definition) is 2. The molecule has 0 unspecified atom stereocenters. The predicted octanol–water partition coefficient (Wildman–Crippen LogP) is 5.52. The second-order valence-electron chi connectivity index (χ2n) is 6.76. The molecule has 0 aliphatic heterocycles. The average Bonchev–Trinajstić information content (AvgIpc) is 2.58. The molecule has 2 N–H and O–H groups in total. The van der Waals surface area contributed by atoms with E-state index in [4.69, 9.17) is 5.11 Å². The lowest BCUT2D eigenvalue weighted by molar-refractivity contribution is -0.121. The SMILES string of the molecule is CCCCCCCCC/C=C\CCCCCCC(=O)NCCCO. The Hall–Kier alpha value is -0.830. The van der Waals surface area contributed by atoms with E-state index in [1.807, 2.05) is 0 Å². The lowest BCUT2D eigenvalue weighted by atomic mass is 10.1. The summed E-state index contributed by atoms with van der Waals surface area (Å²) in [5.74, 6) is 0.123. The average molecular weight is 340 g/mol. The maximum atomic E-state index is 11.4. The van der Waals surface area contributed by atoms with Gasteiger partial charge in [0.25, 0.3) is 0 Å². The second kappa shape index (κ2) is 20.2. The van der Waals surface area contributed by atoms with E-state index in [0.29, 0.717) is 19.4 Å². The van der Waals surface area contributed by atoms with E-state index in [0.717, 1.165) is 12.8 Å². The van der Waals surface area contributed by atoms with E-state index in [1.165, 1.54) is 70.6 Å². The highest BCUT2D eigenvalue weighted by Crippen LogP contribution is 2.10. The summed E-state index contributed by atoms with van der Waals surface area (Å²) in [6.07, 6.45) is 22.6. The van der Waals surface area contributed by atoms with Gasteiger partial charge in [-0.05, 0) is 38.5 Å². The second-order valence-corrected chi connectivity index (χ2v) is 6.76. The Balaban J connectivity index is 3.17. The molecule has 0 atom stereocenters. The van der Waals surface area contributed by atoms with Crippen molar-refractivity contribution in [3.05, 3.63) is 12.2 Å². The number of amides is 1. The maximum absolute atomic E-state index is 11.4. The van der Waals surface area contributed by atoms with Gasteiger partial charge in [-0.3, -0.25) is 4.79 Å². The van der Waals surface area contributed by atoms with Crippen LogP contribution in [0.15, 0.2) is 12.2 Å². The third-order valence-corrected chi connectivity index (χ3v) is 4.32. The van der Waals surface area contributed by atoms with Crippen LogP contribution in [0.4, 0.5) is 0 Å². The fourth-order valence-corrected chi connectivity index (χ4v) is 2.75. The summed E-state index contributed by atoms with van der Waals surface area (Å²) in [4.78, 5) is 11.4. The Labute approximate surface area is 150 Å². The molecule has 3 heteroatoms. The zero-order valence-electron chi connectivity index (χ0n) is 16.0. The zero-order chi connectivity index (χ0) is 17.7. The Morgan fingerprint density at radius 3 is 1.92 bits per heavy atom. The number of allylic oxidation sites excluding steroid dienone is 2. The van der Waals surface area contributed by atoms with Gasteiger partial charge in [0, 0.05) is 19.6 Å². The zero-order valence-corrected chi connectivity index (χ0v) is 16.0. The van der Waals surface area contributed by atoms with E-state index in [2.05, 4.69) is 24.4 Å². The summed E-state index contributed by atoms with van der Waals surface area (Å²) >= 11 is 0. The fraction of sp³-hybridized carbons (Fsp3) is 0.857. The molecule has 0 spiro atoms. The molecule has 0 radical (unpaired) electrons. The molecule has 24 heavy (non-hydrogen) atoms. The third-order valence-electron chi connectivity index (χ3n) is 4.32. The maximum Gasteiger partial charge on any atom is 0.219 e. The molecule has 0 saturated carbocycles. The van der Waals surface area contributed by atoms with E-state index in [-0.39, 0.29) is 12.5 Å². The molecule has 0 aliphatic carbocycles. The van der Waals surface area contributed by atoms with Crippen LogP contribution >= 0.6 is 0 Å². The molecule has 1 amide bonds. The van der Waals surface area contributed by atoms with Crippen molar-refractivity contribution in [2.45, 2.75) is 103 Å². The highest BCUT2D eigenvalue weighted by molar-refractivity contribution is 5.75. The lowest BCUT2D eigenvalue weighted by Crippen LogP contribution is -2.24. The van der Waals surface area contributed by atoms with Gasteiger partial charge in [-0.2, -0.15) is 0 Å². The summed E-state index contributed by atoms with van der Waals surface area (Å²) in [6.45, 7) is 3.01. The molecular formula is C21H41NO2. The first kappa shape index (κ1) is 23.2. The molecule has 0 aromatic carbocycles. The summed E-state index contributed by atoms with van der Waals surface area (Å²) in [5, 5.41) is 11.5. The van der Waals surface area contributed by atoms with Gasteiger partial charge in [0.05, 0.1) is 0 Å². The summed E-state index contributed by atoms with van der Waals surface area (Å²) < 4.78 is 0. The van der Waals surface area contributed by atoms with Gasteiger partial charge < -0.3 is 10.4 Å². The van der Waals surface area contributed by atoms with Crippen LogP contribution in [-0.4, -0.2) is 24.2 Å². The minimum atomic E-state index is 0.123. The van der Waals surface area contributed by atoms with Gasteiger partial charge in [-0.25, -0.2) is 0 Å². The molecule has 0 rings (SSSR count).